The maximum atomic E-state index is 12.5. The molecule has 0 aliphatic rings. The number of nitrogen functional groups attached to an aromatic ring is 1. The lowest BCUT2D eigenvalue weighted by molar-refractivity contribution is 0.0697. The lowest BCUT2D eigenvalue weighted by Gasteiger charge is -2.16. The van der Waals surface area contributed by atoms with Gasteiger partial charge < -0.3 is 16.6 Å². The summed E-state index contributed by atoms with van der Waals surface area (Å²) in [6.45, 7) is 0.154. The highest BCUT2D eigenvalue weighted by Gasteiger charge is 2.13. The molecule has 2 heterocycles. The molecule has 4 rings (SSSR count). The van der Waals surface area contributed by atoms with E-state index in [9.17, 15) is 9.59 Å². The Kier molecular flexibility index (Phi) is 7.07. The number of nitrogens with two attached hydrogens (primary N) is 3. The van der Waals surface area contributed by atoms with Crippen LogP contribution in [0.3, 0.4) is 0 Å². The first-order valence-electron chi connectivity index (χ1n) is 11.0. The molecule has 0 saturated carbocycles. The number of hydrogen-bond acceptors (Lipinski definition) is 9. The van der Waals surface area contributed by atoms with Crippen LogP contribution in [0.2, 0.25) is 0 Å². The van der Waals surface area contributed by atoms with Crippen molar-refractivity contribution < 1.29 is 9.90 Å². The van der Waals surface area contributed by atoms with Crippen molar-refractivity contribution in [2.24, 2.45) is 11.6 Å². The number of aromatic carboxylic acids is 1. The fourth-order valence-corrected chi connectivity index (χ4v) is 3.55. The molecule has 0 fully saturated rings. The Balaban J connectivity index is 1.57. The van der Waals surface area contributed by atoms with Crippen molar-refractivity contribution in [1.29, 1.82) is 5.41 Å². The average molecular weight is 497 g/mol. The van der Waals surface area contributed by atoms with Gasteiger partial charge >= 0.3 is 5.97 Å². The number of aromatic nitrogens is 3. The molecule has 186 valence electrons. The fourth-order valence-electron chi connectivity index (χ4n) is 3.55. The molecule has 0 saturated heterocycles. The minimum absolute atomic E-state index is 0.0311. The molecule has 0 atom stereocenters. The Morgan fingerprint density at radius 3 is 2.43 bits per heavy atom. The van der Waals surface area contributed by atoms with Gasteiger partial charge in [0.25, 0.3) is 5.56 Å². The summed E-state index contributed by atoms with van der Waals surface area (Å²) in [4.78, 5) is 27.5. The van der Waals surface area contributed by atoms with Crippen molar-refractivity contribution in [1.82, 2.24) is 14.8 Å². The monoisotopic (exact) mass is 496 g/mol. The van der Waals surface area contributed by atoms with E-state index in [4.69, 9.17) is 27.8 Å². The third kappa shape index (κ3) is 5.69. The molecule has 0 aliphatic carbocycles. The van der Waals surface area contributed by atoms with Crippen LogP contribution in [0.4, 0.5) is 11.4 Å². The number of benzene rings is 2. The molecule has 0 unspecified atom stereocenters. The van der Waals surface area contributed by atoms with Crippen LogP contribution in [0.25, 0.3) is 11.3 Å². The number of nitrogens with zero attached hydrogens (tertiary/aromatic N) is 4. The van der Waals surface area contributed by atoms with Gasteiger partial charge in [-0.1, -0.05) is 6.07 Å². The van der Waals surface area contributed by atoms with E-state index < -0.39 is 5.97 Å². The molecule has 11 heteroatoms. The lowest BCUT2D eigenvalue weighted by atomic mass is 10.0. The van der Waals surface area contributed by atoms with Crippen molar-refractivity contribution in [2.75, 3.05) is 10.7 Å². The maximum absolute atomic E-state index is 12.5. The second kappa shape index (κ2) is 10.5. The smallest absolute Gasteiger partial charge is 0.335 e. The van der Waals surface area contributed by atoms with Gasteiger partial charge in [-0.25, -0.2) is 15.3 Å². The maximum Gasteiger partial charge on any atom is 0.335 e. The van der Waals surface area contributed by atoms with Crippen LogP contribution in [-0.2, 0) is 6.54 Å². The Morgan fingerprint density at radius 2 is 1.76 bits per heavy atom. The SMILES string of the molecule is N=C(/C(N)=C/N(N)c1ccc(C(=O)O)cc1)c1cc(Cn2nc(-c3ccncc3)ccc2=O)ccc1N. The van der Waals surface area contributed by atoms with Crippen LogP contribution < -0.4 is 27.9 Å². The van der Waals surface area contributed by atoms with Crippen molar-refractivity contribution in [3.05, 3.63) is 118 Å². The zero-order chi connectivity index (χ0) is 26.5. The molecular formula is C26H24N8O3. The van der Waals surface area contributed by atoms with Crippen molar-refractivity contribution in [2.45, 2.75) is 6.54 Å². The van der Waals surface area contributed by atoms with E-state index in [0.717, 1.165) is 5.56 Å². The summed E-state index contributed by atoms with van der Waals surface area (Å²) < 4.78 is 1.33. The molecule has 0 bridgehead atoms. The van der Waals surface area contributed by atoms with Gasteiger partial charge in [0, 0.05) is 41.5 Å². The van der Waals surface area contributed by atoms with Crippen LogP contribution in [0.15, 0.2) is 95.8 Å². The van der Waals surface area contributed by atoms with Crippen molar-refractivity contribution in [3.8, 4) is 11.3 Å². The normalized spacial score (nSPS) is 11.2. The molecule has 0 amide bonds. The molecule has 0 spiro atoms. The Morgan fingerprint density at radius 1 is 1.05 bits per heavy atom. The lowest BCUT2D eigenvalue weighted by Crippen LogP contribution is -2.28. The standard InChI is InChI=1S/C26H24N8O3/c27-21-6-1-16(14-34-24(35)8-7-23(32-34)17-9-11-31-12-10-17)13-20(21)25(29)22(28)15-33(30)19-4-2-18(3-5-19)26(36)37/h1-13,15,29H,14,27-28,30H2,(H,36,37)/b22-15-,29-25?. The molecule has 8 N–H and O–H groups in total. The van der Waals surface area contributed by atoms with Crippen LogP contribution in [0, 0.1) is 5.41 Å². The van der Waals surface area contributed by atoms with Gasteiger partial charge in [0.1, 0.15) is 0 Å². The van der Waals surface area contributed by atoms with Gasteiger partial charge in [-0.3, -0.25) is 20.2 Å². The minimum atomic E-state index is -1.05. The molecule has 4 aromatic rings. The molecular weight excluding hydrogens is 472 g/mol. The number of pyridine rings is 1. The van der Waals surface area contributed by atoms with Crippen molar-refractivity contribution in [3.63, 3.8) is 0 Å². The second-order valence-corrected chi connectivity index (χ2v) is 8.09. The summed E-state index contributed by atoms with van der Waals surface area (Å²) in [6.07, 6.45) is 4.64. The Labute approximate surface area is 211 Å². The summed E-state index contributed by atoms with van der Waals surface area (Å²) in [5, 5.41) is 23.2. The number of nitrogens with one attached hydrogen (secondary N) is 1. The number of carboxylic acids is 1. The highest BCUT2D eigenvalue weighted by Crippen LogP contribution is 2.20. The van der Waals surface area contributed by atoms with Gasteiger partial charge in [0.2, 0.25) is 0 Å². The average Bonchev–Trinajstić information content (AvgIpc) is 2.91. The second-order valence-electron chi connectivity index (χ2n) is 8.09. The van der Waals surface area contributed by atoms with Gasteiger partial charge in [-0.15, -0.1) is 0 Å². The summed E-state index contributed by atoms with van der Waals surface area (Å²) in [5.74, 6) is 4.99. The van der Waals surface area contributed by atoms with Gasteiger partial charge in [-0.2, -0.15) is 5.10 Å². The van der Waals surface area contributed by atoms with Crippen molar-refractivity contribution >= 4 is 23.1 Å². The quantitative estimate of drug-likeness (QED) is 0.105. The Bertz CT molecular complexity index is 1550. The summed E-state index contributed by atoms with van der Waals surface area (Å²) >= 11 is 0. The highest BCUT2D eigenvalue weighted by atomic mass is 16.4. The minimum Gasteiger partial charge on any atom is -0.478 e. The highest BCUT2D eigenvalue weighted by molar-refractivity contribution is 6.13. The molecule has 37 heavy (non-hydrogen) atoms. The summed E-state index contributed by atoms with van der Waals surface area (Å²) in [6, 6.07) is 17.6. The predicted molar refractivity (Wildman–Crippen MR) is 141 cm³/mol. The van der Waals surface area contributed by atoms with E-state index >= 15 is 0 Å². The van der Waals surface area contributed by atoms with E-state index in [1.807, 2.05) is 0 Å². The third-order valence-electron chi connectivity index (χ3n) is 5.54. The molecule has 0 aliphatic heterocycles. The number of hydrazine groups is 1. The first kappa shape index (κ1) is 24.8. The number of rotatable bonds is 8. The fraction of sp³-hybridized carbons (Fsp3) is 0.0385. The first-order chi connectivity index (χ1) is 17.7. The first-order valence-corrected chi connectivity index (χ1v) is 11.0. The molecule has 2 aromatic heterocycles. The third-order valence-corrected chi connectivity index (χ3v) is 5.54. The van der Waals surface area contributed by atoms with Crippen LogP contribution in [0.1, 0.15) is 21.5 Å². The zero-order valence-corrected chi connectivity index (χ0v) is 19.6. The number of hydrogen-bond donors (Lipinski definition) is 5. The zero-order valence-electron chi connectivity index (χ0n) is 19.6. The van der Waals surface area contributed by atoms with Gasteiger partial charge in [-0.05, 0) is 60.2 Å². The molecule has 2 aromatic carbocycles. The molecule has 11 nitrogen and oxygen atoms in total. The van der Waals surface area contributed by atoms with E-state index in [1.54, 1.807) is 48.8 Å². The molecule has 0 radical (unpaired) electrons. The van der Waals surface area contributed by atoms with Crippen LogP contribution >= 0.6 is 0 Å². The number of allylic oxidation sites excluding steroid dienone is 1. The summed E-state index contributed by atoms with van der Waals surface area (Å²) in [7, 11) is 0. The Hall–Kier alpha value is -5.29. The topological polar surface area (TPSA) is 190 Å². The number of anilines is 2. The van der Waals surface area contributed by atoms with Crippen LogP contribution in [-0.4, -0.2) is 31.6 Å². The summed E-state index contributed by atoms with van der Waals surface area (Å²) in [5.41, 5.74) is 15.4. The van der Waals surface area contributed by atoms with E-state index in [1.165, 1.54) is 46.2 Å². The number of carbonyl (C=O) groups is 1. The van der Waals surface area contributed by atoms with Gasteiger partial charge in [0.05, 0.1) is 34.9 Å². The van der Waals surface area contributed by atoms with E-state index in [-0.39, 0.29) is 29.1 Å². The number of carboxylic acid groups (broad SMARTS) is 1. The largest absolute Gasteiger partial charge is 0.478 e. The predicted octanol–water partition coefficient (Wildman–Crippen LogP) is 2.18. The van der Waals surface area contributed by atoms with E-state index in [0.29, 0.717) is 28.2 Å². The van der Waals surface area contributed by atoms with Crippen LogP contribution in [0.5, 0.6) is 0 Å². The van der Waals surface area contributed by atoms with Gasteiger partial charge in [0.15, 0.2) is 0 Å². The van der Waals surface area contributed by atoms with E-state index in [2.05, 4.69) is 10.1 Å².